The van der Waals surface area contributed by atoms with Crippen LogP contribution >= 0.6 is 0 Å². The van der Waals surface area contributed by atoms with Crippen molar-refractivity contribution in [2.24, 2.45) is 0 Å². The number of hydrogen-bond acceptors (Lipinski definition) is 2. The van der Waals surface area contributed by atoms with Crippen molar-refractivity contribution in [1.82, 2.24) is 0 Å². The van der Waals surface area contributed by atoms with E-state index in [1.54, 1.807) is 0 Å². The highest BCUT2D eigenvalue weighted by Gasteiger charge is 2.51. The van der Waals surface area contributed by atoms with E-state index in [2.05, 4.69) is 146 Å². The Morgan fingerprint density at radius 3 is 1.02 bits per heavy atom. The van der Waals surface area contributed by atoms with E-state index in [-0.39, 0.29) is 0 Å². The van der Waals surface area contributed by atoms with Gasteiger partial charge >= 0.3 is 0 Å². The zero-order valence-corrected chi connectivity index (χ0v) is 26.1. The van der Waals surface area contributed by atoms with Crippen LogP contribution in [0, 0.1) is 0 Å². The van der Waals surface area contributed by atoms with Gasteiger partial charge < -0.3 is 0 Å². The maximum atomic E-state index is 11.8. The number of carbonyl (C=O) groups excluding carboxylic acids is 2. The minimum absolute atomic E-state index is 0.513. The van der Waals surface area contributed by atoms with Crippen LogP contribution in [0.1, 0.15) is 65.2 Å². The molecule has 0 fully saturated rings. The molecule has 0 aliphatic heterocycles. The van der Waals surface area contributed by atoms with Gasteiger partial charge in [-0.05, 0) is 78.9 Å². The molecule has 48 heavy (non-hydrogen) atoms. The van der Waals surface area contributed by atoms with E-state index in [9.17, 15) is 9.59 Å². The van der Waals surface area contributed by atoms with Crippen LogP contribution in [0.15, 0.2) is 170 Å². The van der Waals surface area contributed by atoms with Gasteiger partial charge in [0, 0.05) is 11.1 Å². The Hall–Kier alpha value is -6.12. The first kappa shape index (κ1) is 28.1. The molecular formula is C46H30O2. The van der Waals surface area contributed by atoms with E-state index in [0.717, 1.165) is 23.7 Å². The van der Waals surface area contributed by atoms with Crippen LogP contribution in [-0.4, -0.2) is 12.6 Å². The maximum absolute atomic E-state index is 11.8. The van der Waals surface area contributed by atoms with E-state index in [0.29, 0.717) is 11.1 Å². The molecule has 2 aliphatic carbocycles. The summed E-state index contributed by atoms with van der Waals surface area (Å²) in [5.74, 6) is 0. The molecule has 0 saturated carbocycles. The summed E-state index contributed by atoms with van der Waals surface area (Å²) in [6, 6.07) is 60.1. The molecule has 0 N–H and O–H groups in total. The Balaban J connectivity index is 1.44. The summed E-state index contributed by atoms with van der Waals surface area (Å²) in [5.41, 5.74) is 14.4. The van der Waals surface area contributed by atoms with E-state index in [4.69, 9.17) is 0 Å². The first-order chi connectivity index (χ1) is 23.7. The Morgan fingerprint density at radius 2 is 0.646 bits per heavy atom. The summed E-state index contributed by atoms with van der Waals surface area (Å²) in [4.78, 5) is 23.5. The van der Waals surface area contributed by atoms with Crippen LogP contribution in [0.4, 0.5) is 0 Å². The van der Waals surface area contributed by atoms with Crippen molar-refractivity contribution in [3.05, 3.63) is 225 Å². The monoisotopic (exact) mass is 614 g/mol. The minimum Gasteiger partial charge on any atom is -0.298 e. The summed E-state index contributed by atoms with van der Waals surface area (Å²) >= 11 is 0. The Bertz CT molecular complexity index is 2260. The molecule has 2 aliphatic rings. The molecule has 0 spiro atoms. The average molecular weight is 615 g/mol. The fraction of sp³-hybridized carbons (Fsp3) is 0.0435. The number of hydrogen-bond donors (Lipinski definition) is 0. The fourth-order valence-electron chi connectivity index (χ4n) is 8.62. The third-order valence-electron chi connectivity index (χ3n) is 10.6. The normalized spacial score (nSPS) is 14.3. The van der Waals surface area contributed by atoms with Gasteiger partial charge in [-0.3, -0.25) is 9.59 Å². The van der Waals surface area contributed by atoms with Gasteiger partial charge in [-0.1, -0.05) is 158 Å². The molecule has 2 nitrogen and oxygen atoms in total. The predicted molar refractivity (Wildman–Crippen MR) is 192 cm³/mol. The Kier molecular flexibility index (Phi) is 6.28. The van der Waals surface area contributed by atoms with E-state index in [1.165, 1.54) is 55.6 Å². The molecule has 0 amide bonds. The van der Waals surface area contributed by atoms with Crippen LogP contribution < -0.4 is 0 Å². The van der Waals surface area contributed by atoms with E-state index >= 15 is 0 Å². The Morgan fingerprint density at radius 1 is 0.312 bits per heavy atom. The third kappa shape index (κ3) is 3.69. The molecule has 9 rings (SSSR count). The lowest BCUT2D eigenvalue weighted by atomic mass is 9.66. The lowest BCUT2D eigenvalue weighted by Gasteiger charge is -2.35. The molecule has 2 heteroatoms. The maximum Gasteiger partial charge on any atom is 0.150 e. The van der Waals surface area contributed by atoms with Crippen molar-refractivity contribution >= 4 is 12.6 Å². The largest absolute Gasteiger partial charge is 0.298 e. The molecule has 0 atom stereocenters. The minimum atomic E-state index is -0.677. The molecule has 226 valence electrons. The van der Waals surface area contributed by atoms with Crippen LogP contribution in [0.3, 0.4) is 0 Å². The van der Waals surface area contributed by atoms with Crippen molar-refractivity contribution in [3.63, 3.8) is 0 Å². The first-order valence-electron chi connectivity index (χ1n) is 16.3. The van der Waals surface area contributed by atoms with Gasteiger partial charge in [0.2, 0.25) is 0 Å². The van der Waals surface area contributed by atoms with Crippen LogP contribution in [-0.2, 0) is 10.8 Å². The van der Waals surface area contributed by atoms with Gasteiger partial charge in [0.25, 0.3) is 0 Å². The second-order valence-corrected chi connectivity index (χ2v) is 12.7. The van der Waals surface area contributed by atoms with E-state index in [1.807, 2.05) is 24.3 Å². The van der Waals surface area contributed by atoms with Gasteiger partial charge in [-0.15, -0.1) is 0 Å². The molecule has 0 bridgehead atoms. The predicted octanol–water partition coefficient (Wildman–Crippen LogP) is 10.0. The number of benzene rings is 7. The highest BCUT2D eigenvalue weighted by Crippen LogP contribution is 2.62. The summed E-state index contributed by atoms with van der Waals surface area (Å²) in [6.45, 7) is 0. The highest BCUT2D eigenvalue weighted by atomic mass is 16.1. The molecule has 0 heterocycles. The topological polar surface area (TPSA) is 34.1 Å². The molecular weight excluding hydrogens is 585 g/mol. The third-order valence-corrected chi connectivity index (χ3v) is 10.6. The molecule has 7 aromatic carbocycles. The lowest BCUT2D eigenvalue weighted by Crippen LogP contribution is -2.30. The zero-order chi connectivity index (χ0) is 32.3. The average Bonchev–Trinajstić information content (AvgIpc) is 3.63. The van der Waals surface area contributed by atoms with Crippen molar-refractivity contribution < 1.29 is 9.59 Å². The second-order valence-electron chi connectivity index (χ2n) is 12.7. The summed E-state index contributed by atoms with van der Waals surface area (Å²) in [7, 11) is 0. The number of fused-ring (bicyclic) bond motifs is 6. The summed E-state index contributed by atoms with van der Waals surface area (Å²) < 4.78 is 0. The standard InChI is InChI=1S/C46H30O2/c47-29-31-19-23-35(24-20-31)46(36-25-21-32(30-48)22-26-36)42-18-10-8-16-38(42)40-27-43-39(28-44(40)46)37-15-7-9-17-41(37)45(43,33-11-3-1-4-12-33)34-13-5-2-6-14-34/h1-30H. The number of rotatable bonds is 6. The van der Waals surface area contributed by atoms with Gasteiger partial charge in [0.15, 0.2) is 0 Å². The molecule has 0 radical (unpaired) electrons. The molecule has 0 saturated heterocycles. The van der Waals surface area contributed by atoms with Crippen molar-refractivity contribution in [1.29, 1.82) is 0 Å². The van der Waals surface area contributed by atoms with Crippen LogP contribution in [0.25, 0.3) is 22.3 Å². The SMILES string of the molecule is O=Cc1ccc(C2(c3ccc(C=O)cc3)c3ccccc3-c3cc4c(cc32)-c2ccccc2C4(c2ccccc2)c2ccccc2)cc1. The highest BCUT2D eigenvalue weighted by molar-refractivity contribution is 5.94. The van der Waals surface area contributed by atoms with Crippen molar-refractivity contribution in [2.45, 2.75) is 10.8 Å². The first-order valence-corrected chi connectivity index (χ1v) is 16.3. The molecule has 7 aromatic rings. The van der Waals surface area contributed by atoms with Gasteiger partial charge in [0.1, 0.15) is 12.6 Å². The van der Waals surface area contributed by atoms with Gasteiger partial charge in [-0.2, -0.15) is 0 Å². The van der Waals surface area contributed by atoms with Crippen LogP contribution in [0.2, 0.25) is 0 Å². The number of aldehydes is 2. The lowest BCUT2D eigenvalue weighted by molar-refractivity contribution is 0.111. The quantitative estimate of drug-likeness (QED) is 0.175. The fourth-order valence-corrected chi connectivity index (χ4v) is 8.62. The number of carbonyl (C=O) groups is 2. The summed E-state index contributed by atoms with van der Waals surface area (Å²) in [5, 5.41) is 0. The molecule has 0 unspecified atom stereocenters. The van der Waals surface area contributed by atoms with Gasteiger partial charge in [-0.25, -0.2) is 0 Å². The van der Waals surface area contributed by atoms with E-state index < -0.39 is 10.8 Å². The van der Waals surface area contributed by atoms with Crippen LogP contribution in [0.5, 0.6) is 0 Å². The molecule has 0 aromatic heterocycles. The zero-order valence-electron chi connectivity index (χ0n) is 26.1. The van der Waals surface area contributed by atoms with Gasteiger partial charge in [0.05, 0.1) is 10.8 Å². The van der Waals surface area contributed by atoms with Crippen molar-refractivity contribution in [2.75, 3.05) is 0 Å². The second kappa shape index (κ2) is 10.7. The van der Waals surface area contributed by atoms with Crippen molar-refractivity contribution in [3.8, 4) is 22.3 Å². The Labute approximate surface area is 280 Å². The smallest absolute Gasteiger partial charge is 0.150 e. The summed E-state index contributed by atoms with van der Waals surface area (Å²) in [6.07, 6.45) is 1.78.